The summed E-state index contributed by atoms with van der Waals surface area (Å²) in [5.74, 6) is 0.780. The van der Waals surface area contributed by atoms with Crippen LogP contribution in [0.1, 0.15) is 16.2 Å². The second-order valence-corrected chi connectivity index (χ2v) is 4.71. The van der Waals surface area contributed by atoms with Crippen LogP contribution in [0, 0.1) is 12.7 Å². The number of hydrogen-bond acceptors (Lipinski definition) is 6. The summed E-state index contributed by atoms with van der Waals surface area (Å²) < 4.78 is 17.7. The van der Waals surface area contributed by atoms with Gasteiger partial charge in [0.05, 0.1) is 0 Å². The molecule has 0 aliphatic rings. The minimum Gasteiger partial charge on any atom is -0.360 e. The molecule has 0 saturated carbocycles. The molecule has 8 heteroatoms. The fraction of sp³-hybridized carbons (Fsp3) is 0.0667. The first-order chi connectivity index (χ1) is 11.1. The van der Waals surface area contributed by atoms with Gasteiger partial charge >= 0.3 is 0 Å². The van der Waals surface area contributed by atoms with Crippen molar-refractivity contribution in [3.63, 3.8) is 0 Å². The minimum atomic E-state index is -0.437. The molecule has 2 aromatic heterocycles. The van der Waals surface area contributed by atoms with E-state index in [1.54, 1.807) is 19.1 Å². The molecule has 1 amide bonds. The molecule has 7 nitrogen and oxygen atoms in total. The van der Waals surface area contributed by atoms with Crippen LogP contribution in [0.25, 0.3) is 0 Å². The van der Waals surface area contributed by atoms with Gasteiger partial charge in [0, 0.05) is 11.8 Å². The summed E-state index contributed by atoms with van der Waals surface area (Å²) in [7, 11) is 0. The van der Waals surface area contributed by atoms with Gasteiger partial charge in [0.2, 0.25) is 0 Å². The summed E-state index contributed by atoms with van der Waals surface area (Å²) in [6.45, 7) is 1.77. The molecule has 0 radical (unpaired) electrons. The molecule has 0 aliphatic carbocycles. The third-order valence-electron chi connectivity index (χ3n) is 2.88. The van der Waals surface area contributed by atoms with Crippen LogP contribution in [0.2, 0.25) is 0 Å². The summed E-state index contributed by atoms with van der Waals surface area (Å²) in [6.07, 6.45) is 0. The van der Waals surface area contributed by atoms with Crippen molar-refractivity contribution in [2.24, 2.45) is 0 Å². The summed E-state index contributed by atoms with van der Waals surface area (Å²) in [5.41, 5.74) is 0.606. The van der Waals surface area contributed by atoms with E-state index >= 15 is 0 Å². The normalized spacial score (nSPS) is 10.3. The molecule has 23 heavy (non-hydrogen) atoms. The fourth-order valence-electron chi connectivity index (χ4n) is 1.80. The van der Waals surface area contributed by atoms with E-state index < -0.39 is 5.91 Å². The maximum Gasteiger partial charge on any atom is 0.276 e. The Hall–Kier alpha value is -3.29. The zero-order valence-electron chi connectivity index (χ0n) is 12.1. The van der Waals surface area contributed by atoms with E-state index in [1.165, 1.54) is 30.3 Å². The number of anilines is 3. The lowest BCUT2D eigenvalue weighted by atomic mass is 10.3. The zero-order valence-corrected chi connectivity index (χ0v) is 12.1. The molecule has 3 aromatic rings. The zero-order chi connectivity index (χ0) is 16.2. The van der Waals surface area contributed by atoms with Gasteiger partial charge in [-0.3, -0.25) is 4.79 Å². The first kappa shape index (κ1) is 14.6. The first-order valence-electron chi connectivity index (χ1n) is 6.71. The van der Waals surface area contributed by atoms with Crippen molar-refractivity contribution in [2.75, 3.05) is 10.6 Å². The maximum absolute atomic E-state index is 12.8. The van der Waals surface area contributed by atoms with Gasteiger partial charge in [-0.05, 0) is 43.3 Å². The van der Waals surface area contributed by atoms with E-state index in [-0.39, 0.29) is 11.5 Å². The van der Waals surface area contributed by atoms with Crippen molar-refractivity contribution in [1.82, 2.24) is 15.4 Å². The van der Waals surface area contributed by atoms with Crippen molar-refractivity contribution >= 4 is 23.2 Å². The van der Waals surface area contributed by atoms with E-state index in [2.05, 4.69) is 26.0 Å². The van der Waals surface area contributed by atoms with Gasteiger partial charge in [-0.2, -0.15) is 0 Å². The topological polar surface area (TPSA) is 92.9 Å². The number of nitrogens with zero attached hydrogens (tertiary/aromatic N) is 3. The van der Waals surface area contributed by atoms with Crippen LogP contribution in [0.5, 0.6) is 0 Å². The van der Waals surface area contributed by atoms with E-state index in [0.717, 1.165) is 0 Å². The Balaban J connectivity index is 1.66. The summed E-state index contributed by atoms with van der Waals surface area (Å²) >= 11 is 0. The molecule has 116 valence electrons. The van der Waals surface area contributed by atoms with Gasteiger partial charge in [0.15, 0.2) is 17.3 Å². The number of carbonyl (C=O) groups is 1. The Morgan fingerprint density at radius 2 is 1.87 bits per heavy atom. The largest absolute Gasteiger partial charge is 0.360 e. The van der Waals surface area contributed by atoms with Crippen molar-refractivity contribution in [2.45, 2.75) is 6.92 Å². The average Bonchev–Trinajstić information content (AvgIpc) is 2.95. The number of nitrogens with one attached hydrogen (secondary N) is 2. The molecule has 0 fully saturated rings. The molecule has 2 heterocycles. The number of rotatable bonds is 4. The first-order valence-corrected chi connectivity index (χ1v) is 6.71. The van der Waals surface area contributed by atoms with Crippen molar-refractivity contribution in [3.05, 3.63) is 59.7 Å². The molecule has 1 aromatic carbocycles. The van der Waals surface area contributed by atoms with E-state index in [4.69, 9.17) is 4.52 Å². The third kappa shape index (κ3) is 3.67. The van der Waals surface area contributed by atoms with Crippen molar-refractivity contribution in [3.8, 4) is 0 Å². The Kier molecular flexibility index (Phi) is 3.96. The van der Waals surface area contributed by atoms with Crippen LogP contribution >= 0.6 is 0 Å². The van der Waals surface area contributed by atoms with E-state index in [9.17, 15) is 9.18 Å². The quantitative estimate of drug-likeness (QED) is 0.769. The molecular formula is C15H12FN5O2. The van der Waals surface area contributed by atoms with Crippen LogP contribution in [0.4, 0.5) is 21.7 Å². The highest BCUT2D eigenvalue weighted by molar-refractivity contribution is 6.02. The molecule has 0 saturated heterocycles. The molecule has 3 rings (SSSR count). The fourth-order valence-corrected chi connectivity index (χ4v) is 1.80. The van der Waals surface area contributed by atoms with Crippen LogP contribution < -0.4 is 10.6 Å². The van der Waals surface area contributed by atoms with Crippen LogP contribution in [-0.2, 0) is 0 Å². The number of aryl methyl sites for hydroxylation is 1. The maximum atomic E-state index is 12.8. The molecule has 0 atom stereocenters. The highest BCUT2D eigenvalue weighted by Gasteiger charge is 2.09. The summed E-state index contributed by atoms with van der Waals surface area (Å²) in [4.78, 5) is 12.0. The van der Waals surface area contributed by atoms with Gasteiger partial charge < -0.3 is 15.2 Å². The Morgan fingerprint density at radius 3 is 2.48 bits per heavy atom. The predicted octanol–water partition coefficient (Wildman–Crippen LogP) is 2.91. The number of aromatic nitrogens is 3. The molecule has 0 spiro atoms. The SMILES string of the molecule is Cc1cc(Nc2ccc(C(=O)Nc3ccc(F)cc3)nn2)no1. The standard InChI is InChI=1S/C15H12FN5O2/c1-9-8-14(21-23-9)18-13-7-6-12(19-20-13)15(22)17-11-4-2-10(16)3-5-11/h2-8H,1H3,(H,17,22)(H,18,20,21). The van der Waals surface area contributed by atoms with Crippen LogP contribution in [0.3, 0.4) is 0 Å². The lowest BCUT2D eigenvalue weighted by molar-refractivity contribution is 0.102. The molecular weight excluding hydrogens is 301 g/mol. The van der Waals surface area contributed by atoms with Crippen molar-refractivity contribution in [1.29, 1.82) is 0 Å². The van der Waals surface area contributed by atoms with Gasteiger partial charge in [0.1, 0.15) is 11.6 Å². The predicted molar refractivity (Wildman–Crippen MR) is 80.9 cm³/mol. The van der Waals surface area contributed by atoms with Gasteiger partial charge in [-0.1, -0.05) is 5.16 Å². The molecule has 0 unspecified atom stereocenters. The Morgan fingerprint density at radius 1 is 1.09 bits per heavy atom. The minimum absolute atomic E-state index is 0.135. The molecule has 0 aliphatic heterocycles. The van der Waals surface area contributed by atoms with Gasteiger partial charge in [-0.15, -0.1) is 10.2 Å². The van der Waals surface area contributed by atoms with Crippen molar-refractivity contribution < 1.29 is 13.7 Å². The van der Waals surface area contributed by atoms with Gasteiger partial charge in [-0.25, -0.2) is 4.39 Å². The Bertz CT molecular complexity index is 815. The smallest absolute Gasteiger partial charge is 0.276 e. The Labute approximate surface area is 130 Å². The molecule has 0 bridgehead atoms. The van der Waals surface area contributed by atoms with Crippen LogP contribution in [-0.4, -0.2) is 21.3 Å². The monoisotopic (exact) mass is 313 g/mol. The molecule has 2 N–H and O–H groups in total. The average molecular weight is 313 g/mol. The highest BCUT2D eigenvalue weighted by atomic mass is 19.1. The number of halogens is 1. The summed E-state index contributed by atoms with van der Waals surface area (Å²) in [5, 5.41) is 17.0. The number of amides is 1. The van der Waals surface area contributed by atoms with Gasteiger partial charge in [0.25, 0.3) is 5.91 Å². The highest BCUT2D eigenvalue weighted by Crippen LogP contribution is 2.14. The van der Waals surface area contributed by atoms with E-state index in [0.29, 0.717) is 23.1 Å². The third-order valence-corrected chi connectivity index (χ3v) is 2.88. The second kappa shape index (κ2) is 6.22. The second-order valence-electron chi connectivity index (χ2n) is 4.71. The number of benzene rings is 1. The van der Waals surface area contributed by atoms with Crippen LogP contribution in [0.15, 0.2) is 47.0 Å². The number of hydrogen-bond donors (Lipinski definition) is 2. The number of carbonyl (C=O) groups excluding carboxylic acids is 1. The lowest BCUT2D eigenvalue weighted by Crippen LogP contribution is -2.14. The summed E-state index contributed by atoms with van der Waals surface area (Å²) in [6, 6.07) is 10.3. The van der Waals surface area contributed by atoms with E-state index in [1.807, 2.05) is 0 Å². The lowest BCUT2D eigenvalue weighted by Gasteiger charge is -2.05.